The van der Waals surface area contributed by atoms with E-state index in [1.807, 2.05) is 20.0 Å². The molecule has 2 rings (SSSR count). The molecule has 18 heavy (non-hydrogen) atoms. The number of aromatic nitrogens is 1. The van der Waals surface area contributed by atoms with Gasteiger partial charge in [0.2, 0.25) is 0 Å². The minimum atomic E-state index is -0.000764. The van der Waals surface area contributed by atoms with Gasteiger partial charge in [-0.2, -0.15) is 0 Å². The molecule has 1 amide bonds. The lowest BCUT2D eigenvalue weighted by Crippen LogP contribution is -2.28. The number of carbonyl (C=O) groups is 1. The van der Waals surface area contributed by atoms with Gasteiger partial charge in [0, 0.05) is 24.3 Å². The first-order valence-corrected chi connectivity index (χ1v) is 6.46. The standard InChI is InChI=1S/C14H21N3O/c1-5-10-6-9(7-12(15-4)16-10)13(18)17-11-8-14(11,2)3/h6-7,11H,5,8H2,1-4H3,(H,15,16)(H,17,18). The number of anilines is 1. The minimum absolute atomic E-state index is 0.000764. The summed E-state index contributed by atoms with van der Waals surface area (Å²) in [6, 6.07) is 3.97. The topological polar surface area (TPSA) is 54.0 Å². The number of hydrogen-bond donors (Lipinski definition) is 2. The second-order valence-electron chi connectivity index (χ2n) is 5.55. The van der Waals surface area contributed by atoms with Gasteiger partial charge in [-0.3, -0.25) is 4.79 Å². The third kappa shape index (κ3) is 2.63. The van der Waals surface area contributed by atoms with E-state index >= 15 is 0 Å². The average Bonchev–Trinajstić information content (AvgIpc) is 2.95. The van der Waals surface area contributed by atoms with Crippen LogP contribution >= 0.6 is 0 Å². The molecule has 0 spiro atoms. The summed E-state index contributed by atoms with van der Waals surface area (Å²) < 4.78 is 0. The molecule has 4 nitrogen and oxygen atoms in total. The third-order valence-corrected chi connectivity index (χ3v) is 3.58. The number of amides is 1. The molecule has 0 bridgehead atoms. The molecule has 1 unspecified atom stereocenters. The largest absolute Gasteiger partial charge is 0.373 e. The van der Waals surface area contributed by atoms with Gasteiger partial charge in [0.25, 0.3) is 5.91 Å². The van der Waals surface area contributed by atoms with Gasteiger partial charge >= 0.3 is 0 Å². The van der Waals surface area contributed by atoms with Gasteiger partial charge in [-0.15, -0.1) is 0 Å². The van der Waals surface area contributed by atoms with Crippen LogP contribution in [0.5, 0.6) is 0 Å². The summed E-state index contributed by atoms with van der Waals surface area (Å²) in [5, 5.41) is 6.06. The van der Waals surface area contributed by atoms with Crippen LogP contribution in [0.25, 0.3) is 0 Å². The lowest BCUT2D eigenvalue weighted by Gasteiger charge is -2.09. The van der Waals surface area contributed by atoms with Gasteiger partial charge < -0.3 is 10.6 Å². The quantitative estimate of drug-likeness (QED) is 0.857. The molecule has 1 heterocycles. The first-order valence-electron chi connectivity index (χ1n) is 6.46. The number of carbonyl (C=O) groups excluding carboxylic acids is 1. The molecule has 0 radical (unpaired) electrons. The molecule has 1 fully saturated rings. The Morgan fingerprint density at radius 3 is 2.67 bits per heavy atom. The fraction of sp³-hybridized carbons (Fsp3) is 0.571. The van der Waals surface area contributed by atoms with E-state index in [9.17, 15) is 4.79 Å². The fourth-order valence-corrected chi connectivity index (χ4v) is 1.98. The SMILES string of the molecule is CCc1cc(C(=O)NC2CC2(C)C)cc(NC)n1. The van der Waals surface area contributed by atoms with Crippen LogP contribution in [0, 0.1) is 5.41 Å². The Labute approximate surface area is 108 Å². The van der Waals surface area contributed by atoms with E-state index in [1.165, 1.54) is 0 Å². The molecular formula is C14H21N3O. The zero-order valence-corrected chi connectivity index (χ0v) is 11.5. The van der Waals surface area contributed by atoms with Crippen molar-refractivity contribution in [2.24, 2.45) is 5.41 Å². The Bertz CT molecular complexity index is 446. The van der Waals surface area contributed by atoms with E-state index in [4.69, 9.17) is 0 Å². The van der Waals surface area contributed by atoms with Crippen molar-refractivity contribution >= 4 is 11.7 Å². The monoisotopic (exact) mass is 247 g/mol. The van der Waals surface area contributed by atoms with Gasteiger partial charge in [-0.1, -0.05) is 20.8 Å². The van der Waals surface area contributed by atoms with Gasteiger partial charge in [0.1, 0.15) is 5.82 Å². The maximum absolute atomic E-state index is 12.2. The van der Waals surface area contributed by atoms with E-state index in [0.717, 1.165) is 24.4 Å². The Hall–Kier alpha value is -1.58. The van der Waals surface area contributed by atoms with Crippen molar-refractivity contribution in [3.05, 3.63) is 23.4 Å². The van der Waals surface area contributed by atoms with Gasteiger partial charge in [0.15, 0.2) is 0 Å². The summed E-state index contributed by atoms with van der Waals surface area (Å²) in [6.45, 7) is 6.37. The summed E-state index contributed by atoms with van der Waals surface area (Å²) in [7, 11) is 1.81. The lowest BCUT2D eigenvalue weighted by molar-refractivity contribution is 0.0946. The summed E-state index contributed by atoms with van der Waals surface area (Å²) >= 11 is 0. The number of nitrogens with zero attached hydrogens (tertiary/aromatic N) is 1. The van der Waals surface area contributed by atoms with Crippen molar-refractivity contribution in [1.82, 2.24) is 10.3 Å². The Morgan fingerprint density at radius 2 is 2.17 bits per heavy atom. The second kappa shape index (κ2) is 4.59. The molecule has 1 aromatic rings. The van der Waals surface area contributed by atoms with Crippen LogP contribution in [-0.2, 0) is 6.42 Å². The third-order valence-electron chi connectivity index (χ3n) is 3.58. The van der Waals surface area contributed by atoms with Crippen molar-refractivity contribution in [3.63, 3.8) is 0 Å². The van der Waals surface area contributed by atoms with Crippen molar-refractivity contribution in [2.75, 3.05) is 12.4 Å². The van der Waals surface area contributed by atoms with Gasteiger partial charge in [-0.05, 0) is 30.4 Å². The van der Waals surface area contributed by atoms with Gasteiger partial charge in [0.05, 0.1) is 0 Å². The van der Waals surface area contributed by atoms with E-state index in [0.29, 0.717) is 11.6 Å². The van der Waals surface area contributed by atoms with Crippen LogP contribution in [0.3, 0.4) is 0 Å². The highest BCUT2D eigenvalue weighted by molar-refractivity contribution is 5.95. The zero-order chi connectivity index (χ0) is 13.3. The van der Waals surface area contributed by atoms with E-state index in [1.54, 1.807) is 6.07 Å². The van der Waals surface area contributed by atoms with E-state index < -0.39 is 0 Å². The average molecular weight is 247 g/mol. The zero-order valence-electron chi connectivity index (χ0n) is 11.5. The highest BCUT2D eigenvalue weighted by Crippen LogP contribution is 2.44. The molecule has 2 N–H and O–H groups in total. The van der Waals surface area contributed by atoms with Crippen molar-refractivity contribution in [2.45, 2.75) is 39.7 Å². The van der Waals surface area contributed by atoms with Crippen LogP contribution in [-0.4, -0.2) is 24.0 Å². The van der Waals surface area contributed by atoms with Crippen molar-refractivity contribution < 1.29 is 4.79 Å². The number of pyridine rings is 1. The van der Waals surface area contributed by atoms with Gasteiger partial charge in [-0.25, -0.2) is 4.98 Å². The maximum atomic E-state index is 12.2. The number of nitrogens with one attached hydrogen (secondary N) is 2. The Kier molecular flexibility index (Phi) is 3.28. The van der Waals surface area contributed by atoms with Crippen molar-refractivity contribution in [1.29, 1.82) is 0 Å². The molecule has 1 saturated carbocycles. The summed E-state index contributed by atoms with van der Waals surface area (Å²) in [5.41, 5.74) is 1.87. The molecular weight excluding hydrogens is 226 g/mol. The predicted octanol–water partition coefficient (Wildman–Crippen LogP) is 2.21. The van der Waals surface area contributed by atoms with E-state index in [2.05, 4.69) is 29.5 Å². The normalized spacial score (nSPS) is 20.3. The molecule has 0 aliphatic heterocycles. The molecule has 0 aromatic carbocycles. The first-order chi connectivity index (χ1) is 8.46. The number of hydrogen-bond acceptors (Lipinski definition) is 3. The molecule has 1 aromatic heterocycles. The number of rotatable bonds is 4. The van der Waals surface area contributed by atoms with Crippen LogP contribution in [0.2, 0.25) is 0 Å². The number of aryl methyl sites for hydroxylation is 1. The minimum Gasteiger partial charge on any atom is -0.373 e. The van der Waals surface area contributed by atoms with E-state index in [-0.39, 0.29) is 11.3 Å². The van der Waals surface area contributed by atoms with Crippen molar-refractivity contribution in [3.8, 4) is 0 Å². The Morgan fingerprint density at radius 1 is 1.50 bits per heavy atom. The van der Waals surface area contributed by atoms with Crippen LogP contribution in [0.4, 0.5) is 5.82 Å². The maximum Gasteiger partial charge on any atom is 0.251 e. The lowest BCUT2D eigenvalue weighted by atomic mass is 10.1. The smallest absolute Gasteiger partial charge is 0.251 e. The highest BCUT2D eigenvalue weighted by Gasteiger charge is 2.46. The summed E-state index contributed by atoms with van der Waals surface area (Å²) in [6.07, 6.45) is 1.88. The molecule has 1 aliphatic rings. The summed E-state index contributed by atoms with van der Waals surface area (Å²) in [5.74, 6) is 0.744. The molecule has 98 valence electrons. The predicted molar refractivity (Wildman–Crippen MR) is 72.8 cm³/mol. The van der Waals surface area contributed by atoms with Crippen LogP contribution in [0.15, 0.2) is 12.1 Å². The summed E-state index contributed by atoms with van der Waals surface area (Å²) in [4.78, 5) is 16.5. The van der Waals surface area contributed by atoms with Crippen LogP contribution in [0.1, 0.15) is 43.2 Å². The van der Waals surface area contributed by atoms with Crippen LogP contribution < -0.4 is 10.6 Å². The highest BCUT2D eigenvalue weighted by atomic mass is 16.1. The molecule has 1 aliphatic carbocycles. The molecule has 1 atom stereocenters. The second-order valence-corrected chi connectivity index (χ2v) is 5.55. The molecule has 0 saturated heterocycles. The fourth-order valence-electron chi connectivity index (χ4n) is 1.98. The molecule has 4 heteroatoms. The first kappa shape index (κ1) is 12.9. The Balaban J connectivity index is 2.14.